The molecule has 0 aliphatic carbocycles. The van der Waals surface area contributed by atoms with Gasteiger partial charge in [-0.05, 0) is 36.2 Å². The lowest BCUT2D eigenvalue weighted by Gasteiger charge is -2.16. The molecule has 5 nitrogen and oxygen atoms in total. The Morgan fingerprint density at radius 2 is 1.69 bits per heavy atom. The van der Waals surface area contributed by atoms with Crippen molar-refractivity contribution in [2.24, 2.45) is 0 Å². The molecule has 1 fully saturated rings. The number of anilines is 1. The fraction of sp³-hybridized carbons (Fsp3) is 0.235. The standard InChI is InChI=1S/C17H15F3N2O3S/c18-13-7-8-14(17(20)16(13)19)26(24,25)21-10-11-3-5-12(6-4-11)22-9-1-2-15(22)23/h3-8,21H,1-2,9-10H2. The van der Waals surface area contributed by atoms with Gasteiger partial charge < -0.3 is 4.90 Å². The smallest absolute Gasteiger partial charge is 0.243 e. The summed E-state index contributed by atoms with van der Waals surface area (Å²) in [5, 5.41) is 0. The molecular formula is C17H15F3N2O3S. The van der Waals surface area contributed by atoms with Crippen molar-refractivity contribution in [3.8, 4) is 0 Å². The molecule has 2 aromatic rings. The van der Waals surface area contributed by atoms with E-state index in [2.05, 4.69) is 4.72 Å². The summed E-state index contributed by atoms with van der Waals surface area (Å²) in [6.45, 7) is 0.467. The van der Waals surface area contributed by atoms with Crippen molar-refractivity contribution in [3.05, 3.63) is 59.4 Å². The third kappa shape index (κ3) is 3.58. The normalized spacial score (nSPS) is 14.9. The molecule has 26 heavy (non-hydrogen) atoms. The van der Waals surface area contributed by atoms with Crippen LogP contribution in [0.1, 0.15) is 18.4 Å². The first kappa shape index (κ1) is 18.4. The topological polar surface area (TPSA) is 66.5 Å². The first-order valence-electron chi connectivity index (χ1n) is 7.82. The van der Waals surface area contributed by atoms with Crippen LogP contribution in [0.2, 0.25) is 0 Å². The van der Waals surface area contributed by atoms with Gasteiger partial charge in [0.1, 0.15) is 4.90 Å². The second kappa shape index (κ2) is 7.08. The molecule has 0 atom stereocenters. The number of rotatable bonds is 5. The molecule has 1 N–H and O–H groups in total. The Balaban J connectivity index is 1.72. The minimum Gasteiger partial charge on any atom is -0.312 e. The van der Waals surface area contributed by atoms with Crippen molar-refractivity contribution in [2.45, 2.75) is 24.3 Å². The molecule has 1 aliphatic rings. The summed E-state index contributed by atoms with van der Waals surface area (Å²) in [5.41, 5.74) is 1.28. The molecule has 0 spiro atoms. The van der Waals surface area contributed by atoms with Crippen LogP contribution in [0, 0.1) is 17.5 Å². The van der Waals surface area contributed by atoms with E-state index in [1.807, 2.05) is 0 Å². The van der Waals surface area contributed by atoms with Gasteiger partial charge in [0.05, 0.1) is 0 Å². The number of benzene rings is 2. The van der Waals surface area contributed by atoms with Gasteiger partial charge in [-0.2, -0.15) is 0 Å². The maximum absolute atomic E-state index is 13.7. The monoisotopic (exact) mass is 384 g/mol. The SMILES string of the molecule is O=C1CCCN1c1ccc(CNS(=O)(=O)c2ccc(F)c(F)c2F)cc1. The molecule has 0 unspecified atom stereocenters. The molecule has 1 amide bonds. The fourth-order valence-corrected chi connectivity index (χ4v) is 3.77. The number of halogens is 3. The summed E-state index contributed by atoms with van der Waals surface area (Å²) in [6.07, 6.45) is 1.29. The van der Waals surface area contributed by atoms with Crippen molar-refractivity contribution in [2.75, 3.05) is 11.4 Å². The van der Waals surface area contributed by atoms with Crippen molar-refractivity contribution < 1.29 is 26.4 Å². The van der Waals surface area contributed by atoms with E-state index in [1.165, 1.54) is 0 Å². The van der Waals surface area contributed by atoms with Gasteiger partial charge in [-0.1, -0.05) is 12.1 Å². The van der Waals surface area contributed by atoms with E-state index in [9.17, 15) is 26.4 Å². The lowest BCUT2D eigenvalue weighted by atomic mass is 10.2. The lowest BCUT2D eigenvalue weighted by molar-refractivity contribution is -0.117. The Kier molecular flexibility index (Phi) is 5.01. The summed E-state index contributed by atoms with van der Waals surface area (Å²) in [4.78, 5) is 12.4. The number of sulfonamides is 1. The molecular weight excluding hydrogens is 369 g/mol. The maximum atomic E-state index is 13.7. The molecule has 1 heterocycles. The van der Waals surface area contributed by atoms with Gasteiger partial charge in [0.25, 0.3) is 0 Å². The molecule has 0 radical (unpaired) electrons. The van der Waals surface area contributed by atoms with Gasteiger partial charge >= 0.3 is 0 Å². The van der Waals surface area contributed by atoms with E-state index in [1.54, 1.807) is 29.2 Å². The predicted molar refractivity (Wildman–Crippen MR) is 88.4 cm³/mol. The Morgan fingerprint density at radius 1 is 1.00 bits per heavy atom. The Hall–Kier alpha value is -2.39. The summed E-state index contributed by atoms with van der Waals surface area (Å²) >= 11 is 0. The Bertz CT molecular complexity index is 946. The lowest BCUT2D eigenvalue weighted by Crippen LogP contribution is -2.25. The average molecular weight is 384 g/mol. The third-order valence-electron chi connectivity index (χ3n) is 4.08. The molecule has 138 valence electrons. The van der Waals surface area contributed by atoms with Crippen LogP contribution in [-0.2, 0) is 21.4 Å². The highest BCUT2D eigenvalue weighted by Gasteiger charge is 2.24. The van der Waals surface area contributed by atoms with Crippen LogP contribution in [0.3, 0.4) is 0 Å². The summed E-state index contributed by atoms with van der Waals surface area (Å²) in [6, 6.07) is 7.85. The van der Waals surface area contributed by atoms with Gasteiger partial charge in [0.15, 0.2) is 17.5 Å². The van der Waals surface area contributed by atoms with Crippen molar-refractivity contribution in [1.29, 1.82) is 0 Å². The van der Waals surface area contributed by atoms with Crippen molar-refractivity contribution in [1.82, 2.24) is 4.72 Å². The minimum atomic E-state index is -4.36. The second-order valence-electron chi connectivity index (χ2n) is 5.81. The van der Waals surface area contributed by atoms with E-state index in [0.717, 1.165) is 6.42 Å². The molecule has 1 saturated heterocycles. The highest BCUT2D eigenvalue weighted by Crippen LogP contribution is 2.22. The molecule has 3 rings (SSSR count). The van der Waals surface area contributed by atoms with Gasteiger partial charge in [0.2, 0.25) is 15.9 Å². The summed E-state index contributed by atoms with van der Waals surface area (Å²) in [7, 11) is -4.36. The largest absolute Gasteiger partial charge is 0.312 e. The van der Waals surface area contributed by atoms with Crippen molar-refractivity contribution in [3.63, 3.8) is 0 Å². The van der Waals surface area contributed by atoms with Crippen LogP contribution in [-0.4, -0.2) is 20.9 Å². The number of hydrogen-bond acceptors (Lipinski definition) is 3. The Morgan fingerprint density at radius 3 is 2.31 bits per heavy atom. The molecule has 1 aliphatic heterocycles. The van der Waals surface area contributed by atoms with E-state index < -0.39 is 32.4 Å². The fourth-order valence-electron chi connectivity index (χ4n) is 2.69. The number of hydrogen-bond donors (Lipinski definition) is 1. The molecule has 0 bridgehead atoms. The quantitative estimate of drug-likeness (QED) is 0.806. The van der Waals surface area contributed by atoms with Crippen LogP contribution in [0.4, 0.5) is 18.9 Å². The van der Waals surface area contributed by atoms with Gasteiger partial charge in [-0.25, -0.2) is 26.3 Å². The van der Waals surface area contributed by atoms with Crippen LogP contribution in [0.25, 0.3) is 0 Å². The maximum Gasteiger partial charge on any atom is 0.243 e. The van der Waals surface area contributed by atoms with Crippen molar-refractivity contribution >= 4 is 21.6 Å². The molecule has 0 aromatic heterocycles. The molecule has 0 saturated carbocycles. The van der Waals surface area contributed by atoms with Crippen LogP contribution in [0.5, 0.6) is 0 Å². The van der Waals surface area contributed by atoms with E-state index in [-0.39, 0.29) is 12.5 Å². The van der Waals surface area contributed by atoms with E-state index >= 15 is 0 Å². The van der Waals surface area contributed by atoms with Gasteiger partial charge in [-0.15, -0.1) is 0 Å². The molecule has 2 aromatic carbocycles. The number of carbonyl (C=O) groups excluding carboxylic acids is 1. The number of nitrogens with one attached hydrogen (secondary N) is 1. The van der Waals surface area contributed by atoms with Gasteiger partial charge in [0, 0.05) is 25.2 Å². The van der Waals surface area contributed by atoms with Gasteiger partial charge in [-0.3, -0.25) is 4.79 Å². The zero-order chi connectivity index (χ0) is 18.9. The highest BCUT2D eigenvalue weighted by atomic mass is 32.2. The number of carbonyl (C=O) groups is 1. The number of amides is 1. The van der Waals surface area contributed by atoms with Crippen LogP contribution < -0.4 is 9.62 Å². The minimum absolute atomic E-state index is 0.0345. The first-order valence-corrected chi connectivity index (χ1v) is 9.30. The van der Waals surface area contributed by atoms with E-state index in [4.69, 9.17) is 0 Å². The summed E-state index contributed by atoms with van der Waals surface area (Å²) in [5.74, 6) is -5.03. The average Bonchev–Trinajstić information content (AvgIpc) is 3.04. The van der Waals surface area contributed by atoms with E-state index in [0.29, 0.717) is 36.3 Å². The second-order valence-corrected chi connectivity index (χ2v) is 7.55. The summed E-state index contributed by atoms with van der Waals surface area (Å²) < 4.78 is 66.2. The zero-order valence-electron chi connectivity index (χ0n) is 13.5. The first-order chi connectivity index (χ1) is 12.3. The zero-order valence-corrected chi connectivity index (χ0v) is 14.3. The van der Waals surface area contributed by atoms with Crippen LogP contribution >= 0.6 is 0 Å². The third-order valence-corrected chi connectivity index (χ3v) is 5.50. The highest BCUT2D eigenvalue weighted by molar-refractivity contribution is 7.89. The van der Waals surface area contributed by atoms with Crippen LogP contribution in [0.15, 0.2) is 41.3 Å². The molecule has 9 heteroatoms. The number of nitrogens with zero attached hydrogens (tertiary/aromatic N) is 1. The Labute approximate surface area is 148 Å². The predicted octanol–water partition coefficient (Wildman–Crippen LogP) is 2.71.